The molecule has 4 aliphatic carbocycles. The second-order valence-corrected chi connectivity index (χ2v) is 12.4. The van der Waals surface area contributed by atoms with Crippen molar-refractivity contribution < 1.29 is 33.8 Å². The standard InChI is InChI=1S/C28H42O7/c1-15(6-9-25(32)33)20-7-8-21-26-22(14-24(28(20,21)5)35-17(3)30)27(4)11-10-19(34-16(2)29)12-18(27)13-23(26)31/h15,18-22,24,26H,6-14H2,1-5H3,(H,32,33)/p-1/t15-,18-,19+,20+,21+,22-,24-,26+,27-,28+/m0/s1. The lowest BCUT2D eigenvalue weighted by Crippen LogP contribution is -2.62. The number of hydrogen-bond donors (Lipinski definition) is 0. The van der Waals surface area contributed by atoms with Crippen molar-refractivity contribution in [3.63, 3.8) is 0 Å². The van der Waals surface area contributed by atoms with Gasteiger partial charge in [-0.2, -0.15) is 0 Å². The Labute approximate surface area is 208 Å². The molecule has 4 aliphatic rings. The van der Waals surface area contributed by atoms with Gasteiger partial charge in [0.25, 0.3) is 0 Å². The molecule has 4 saturated carbocycles. The number of carboxylic acid groups (broad SMARTS) is 1. The van der Waals surface area contributed by atoms with Crippen LogP contribution in [0, 0.1) is 46.3 Å². The molecule has 0 unspecified atom stereocenters. The van der Waals surface area contributed by atoms with E-state index in [0.717, 1.165) is 25.7 Å². The smallest absolute Gasteiger partial charge is 0.302 e. The van der Waals surface area contributed by atoms with E-state index in [1.807, 2.05) is 0 Å². The maximum absolute atomic E-state index is 13.8. The molecule has 35 heavy (non-hydrogen) atoms. The average molecular weight is 490 g/mol. The maximum atomic E-state index is 13.8. The minimum atomic E-state index is -1.04. The number of aliphatic carboxylic acids is 1. The van der Waals surface area contributed by atoms with Gasteiger partial charge in [-0.1, -0.05) is 20.8 Å². The summed E-state index contributed by atoms with van der Waals surface area (Å²) in [6, 6.07) is 0. The average Bonchev–Trinajstić information content (AvgIpc) is 3.11. The topological polar surface area (TPSA) is 110 Å². The van der Waals surface area contributed by atoms with E-state index in [0.29, 0.717) is 31.5 Å². The van der Waals surface area contributed by atoms with Crippen molar-refractivity contribution >= 4 is 23.7 Å². The first kappa shape index (κ1) is 26.2. The molecule has 0 N–H and O–H groups in total. The van der Waals surface area contributed by atoms with Crippen molar-refractivity contribution in [2.75, 3.05) is 0 Å². The Balaban J connectivity index is 1.65. The molecule has 0 amide bonds. The van der Waals surface area contributed by atoms with Crippen molar-refractivity contribution in [3.8, 4) is 0 Å². The lowest BCUT2D eigenvalue weighted by Gasteiger charge is -2.62. The number of Topliss-reactive ketones (excluding diaryl/α,β-unsaturated/α-hetero) is 1. The Morgan fingerprint density at radius 1 is 1.03 bits per heavy atom. The molecular weight excluding hydrogens is 448 g/mol. The van der Waals surface area contributed by atoms with Crippen molar-refractivity contribution in [1.82, 2.24) is 0 Å². The largest absolute Gasteiger partial charge is 0.550 e. The fourth-order valence-corrected chi connectivity index (χ4v) is 9.07. The summed E-state index contributed by atoms with van der Waals surface area (Å²) in [6.07, 6.45) is 5.53. The van der Waals surface area contributed by atoms with E-state index < -0.39 is 5.97 Å². The summed E-state index contributed by atoms with van der Waals surface area (Å²) in [4.78, 5) is 48.7. The Morgan fingerprint density at radius 3 is 2.34 bits per heavy atom. The van der Waals surface area contributed by atoms with Gasteiger partial charge in [0.1, 0.15) is 18.0 Å². The summed E-state index contributed by atoms with van der Waals surface area (Å²) in [7, 11) is 0. The van der Waals surface area contributed by atoms with Crippen LogP contribution in [0.4, 0.5) is 0 Å². The first-order chi connectivity index (χ1) is 16.4. The molecular formula is C28H41O7-. The molecule has 0 aromatic carbocycles. The highest BCUT2D eigenvalue weighted by molar-refractivity contribution is 5.83. The Hall–Kier alpha value is -1.92. The van der Waals surface area contributed by atoms with Crippen LogP contribution in [0.15, 0.2) is 0 Å². The predicted molar refractivity (Wildman–Crippen MR) is 126 cm³/mol. The van der Waals surface area contributed by atoms with Crippen LogP contribution in [-0.2, 0) is 28.7 Å². The summed E-state index contributed by atoms with van der Waals surface area (Å²) in [5.74, 6) is -0.620. The highest BCUT2D eigenvalue weighted by atomic mass is 16.5. The third kappa shape index (κ3) is 4.53. The number of carboxylic acids is 1. The molecule has 0 aromatic heterocycles. The van der Waals surface area contributed by atoms with E-state index in [1.165, 1.54) is 13.8 Å². The van der Waals surface area contributed by atoms with Gasteiger partial charge in [0, 0.05) is 37.6 Å². The van der Waals surface area contributed by atoms with Gasteiger partial charge >= 0.3 is 11.9 Å². The van der Waals surface area contributed by atoms with Crippen molar-refractivity contribution in [3.05, 3.63) is 0 Å². The van der Waals surface area contributed by atoms with Crippen molar-refractivity contribution in [1.29, 1.82) is 0 Å². The third-order valence-corrected chi connectivity index (χ3v) is 10.7. The van der Waals surface area contributed by atoms with Gasteiger partial charge in [-0.3, -0.25) is 14.4 Å². The van der Waals surface area contributed by atoms with Crippen LogP contribution in [0.3, 0.4) is 0 Å². The molecule has 196 valence electrons. The number of hydrogen-bond acceptors (Lipinski definition) is 7. The predicted octanol–water partition coefficient (Wildman–Crippen LogP) is 3.46. The summed E-state index contributed by atoms with van der Waals surface area (Å²) in [5, 5.41) is 11.1. The van der Waals surface area contributed by atoms with Crippen LogP contribution in [0.25, 0.3) is 0 Å². The molecule has 0 bridgehead atoms. The minimum absolute atomic E-state index is 0.0187. The molecule has 0 radical (unpaired) electrons. The van der Waals surface area contributed by atoms with Gasteiger partial charge in [0.15, 0.2) is 0 Å². The maximum Gasteiger partial charge on any atom is 0.302 e. The Morgan fingerprint density at radius 2 is 1.71 bits per heavy atom. The van der Waals surface area contributed by atoms with Crippen LogP contribution < -0.4 is 5.11 Å². The summed E-state index contributed by atoms with van der Waals surface area (Å²) in [5.41, 5.74) is -0.417. The summed E-state index contributed by atoms with van der Waals surface area (Å²) >= 11 is 0. The van der Waals surface area contributed by atoms with E-state index >= 15 is 0 Å². The van der Waals surface area contributed by atoms with E-state index in [9.17, 15) is 24.3 Å². The molecule has 0 spiro atoms. The van der Waals surface area contributed by atoms with Gasteiger partial charge < -0.3 is 19.4 Å². The fraction of sp³-hybridized carbons (Fsp3) is 0.857. The zero-order valence-corrected chi connectivity index (χ0v) is 21.8. The molecule has 0 aromatic rings. The molecule has 0 aliphatic heterocycles. The fourth-order valence-electron chi connectivity index (χ4n) is 9.07. The number of carbonyl (C=O) groups excluding carboxylic acids is 4. The Bertz CT molecular complexity index is 883. The van der Waals surface area contributed by atoms with Gasteiger partial charge in [0.05, 0.1) is 0 Å². The minimum Gasteiger partial charge on any atom is -0.550 e. The van der Waals surface area contributed by atoms with Crippen LogP contribution in [0.5, 0.6) is 0 Å². The van der Waals surface area contributed by atoms with Crippen LogP contribution >= 0.6 is 0 Å². The quantitative estimate of drug-likeness (QED) is 0.526. The van der Waals surface area contributed by atoms with Crippen LogP contribution in [-0.4, -0.2) is 35.9 Å². The van der Waals surface area contributed by atoms with E-state index in [2.05, 4.69) is 20.8 Å². The number of esters is 2. The zero-order valence-electron chi connectivity index (χ0n) is 21.8. The molecule has 0 saturated heterocycles. The number of ketones is 1. The van der Waals surface area contributed by atoms with E-state index in [-0.39, 0.29) is 76.9 Å². The van der Waals surface area contributed by atoms with Crippen molar-refractivity contribution in [2.24, 2.45) is 46.3 Å². The van der Waals surface area contributed by atoms with E-state index in [1.54, 1.807) is 0 Å². The molecule has 4 fully saturated rings. The molecule has 4 rings (SSSR count). The molecule has 7 nitrogen and oxygen atoms in total. The summed E-state index contributed by atoms with van der Waals surface area (Å²) < 4.78 is 11.6. The van der Waals surface area contributed by atoms with E-state index in [4.69, 9.17) is 9.47 Å². The molecule has 0 heterocycles. The second-order valence-electron chi connectivity index (χ2n) is 12.4. The Kier molecular flexibility index (Phi) is 7.11. The molecule has 10 atom stereocenters. The van der Waals surface area contributed by atoms with Gasteiger partial charge in [-0.25, -0.2) is 0 Å². The number of carbonyl (C=O) groups is 4. The van der Waals surface area contributed by atoms with Crippen LogP contribution in [0.1, 0.15) is 92.4 Å². The lowest BCUT2D eigenvalue weighted by atomic mass is 9.43. The monoisotopic (exact) mass is 489 g/mol. The number of fused-ring (bicyclic) bond motifs is 5. The zero-order chi connectivity index (χ0) is 25.7. The summed E-state index contributed by atoms with van der Waals surface area (Å²) in [6.45, 7) is 9.47. The van der Waals surface area contributed by atoms with Crippen LogP contribution in [0.2, 0.25) is 0 Å². The SMILES string of the molecule is CC(=O)O[C@@H]1CC[C@@]2(C)[C@H](CC(=O)[C@@H]3[C@H]4CC[C@H]([C@@H](C)CCC(=O)[O-])[C@@]4(C)[C@@H](OC(C)=O)C[C@@H]32)C1. The third-order valence-electron chi connectivity index (χ3n) is 10.7. The van der Waals surface area contributed by atoms with Gasteiger partial charge in [-0.05, 0) is 86.4 Å². The first-order valence-electron chi connectivity index (χ1n) is 13.4. The first-order valence-corrected chi connectivity index (χ1v) is 13.4. The van der Waals surface area contributed by atoms with Gasteiger partial charge in [0.2, 0.25) is 0 Å². The molecule has 7 heteroatoms. The normalized spacial score (nSPS) is 43.3. The lowest BCUT2D eigenvalue weighted by molar-refractivity contribution is -0.306. The number of rotatable bonds is 6. The number of ether oxygens (including phenoxy) is 2. The highest BCUT2D eigenvalue weighted by Crippen LogP contribution is 2.68. The highest BCUT2D eigenvalue weighted by Gasteiger charge is 2.67. The van der Waals surface area contributed by atoms with Crippen molar-refractivity contribution in [2.45, 2.75) is 105 Å². The second kappa shape index (κ2) is 9.51. The van der Waals surface area contributed by atoms with Gasteiger partial charge in [-0.15, -0.1) is 0 Å².